The molecule has 2 heterocycles. The van der Waals surface area contributed by atoms with Crippen LogP contribution in [0.15, 0.2) is 67.0 Å². The number of benzene rings is 3. The second-order valence-corrected chi connectivity index (χ2v) is 16.2. The number of ether oxygens (including phenoxy) is 3. The monoisotopic (exact) mass is 770 g/mol. The Morgan fingerprint density at radius 1 is 0.981 bits per heavy atom. The molecule has 282 valence electrons. The summed E-state index contributed by atoms with van der Waals surface area (Å²) >= 11 is 13.9. The van der Waals surface area contributed by atoms with Crippen molar-refractivity contribution in [3.05, 3.63) is 105 Å². The zero-order chi connectivity index (χ0) is 37.2. The van der Waals surface area contributed by atoms with Crippen molar-refractivity contribution >= 4 is 23.2 Å². The van der Waals surface area contributed by atoms with Crippen LogP contribution in [0.3, 0.4) is 0 Å². The molecule has 1 saturated heterocycles. The van der Waals surface area contributed by atoms with Gasteiger partial charge in [0, 0.05) is 72.8 Å². The van der Waals surface area contributed by atoms with Gasteiger partial charge in [0.05, 0.1) is 28.3 Å². The third-order valence-electron chi connectivity index (χ3n) is 11.5. The topological polar surface area (TPSA) is 99.9 Å². The van der Waals surface area contributed by atoms with Crippen LogP contribution < -0.4 is 19.5 Å². The van der Waals surface area contributed by atoms with E-state index >= 15 is 0 Å². The number of alkyl halides is 1. The van der Waals surface area contributed by atoms with Crippen molar-refractivity contribution in [2.45, 2.75) is 88.9 Å². The highest BCUT2D eigenvalue weighted by molar-refractivity contribution is 6.35. The molecular formula is C43H45Cl2FN4O4. The van der Waals surface area contributed by atoms with Gasteiger partial charge in [0.15, 0.2) is 0 Å². The van der Waals surface area contributed by atoms with E-state index in [1.807, 2.05) is 36.4 Å². The highest BCUT2D eigenvalue weighted by Crippen LogP contribution is 2.50. The zero-order valence-corrected chi connectivity index (χ0v) is 31.7. The van der Waals surface area contributed by atoms with Gasteiger partial charge < -0.3 is 29.5 Å². The van der Waals surface area contributed by atoms with Gasteiger partial charge in [-0.15, -0.1) is 0 Å². The number of nitrogens with zero attached hydrogens (tertiary/aromatic N) is 3. The standard InChI is InChI=1S/C43H45Cl2FN4O4/c44-35-16-29(23-49-36-8-3-9-37(36)51)40(53-24-28-15-27(20-47)21-48-22-28)17-41(35)54-38-12-11-32-31(5-1-6-33(32)38)34-7-2-10-39(42(34)45)52-14-4-13-50-25-43(26-50)18-30(46)19-43/h1-2,5-7,10,15-17,21-22,30,36-38,49,51H,3-4,8-9,11-14,18-19,23-26H2/t36-,37+,38-/m0/s1. The summed E-state index contributed by atoms with van der Waals surface area (Å²) in [6.45, 7) is 4.19. The van der Waals surface area contributed by atoms with Crippen LogP contribution in [0.2, 0.25) is 10.0 Å². The maximum absolute atomic E-state index is 13.3. The Morgan fingerprint density at radius 2 is 1.81 bits per heavy atom. The molecule has 4 aromatic rings. The van der Waals surface area contributed by atoms with Crippen molar-refractivity contribution in [1.82, 2.24) is 15.2 Å². The van der Waals surface area contributed by atoms with Crippen LogP contribution in [-0.4, -0.2) is 59.5 Å². The Kier molecular flexibility index (Phi) is 11.0. The summed E-state index contributed by atoms with van der Waals surface area (Å²) < 4.78 is 32.5. The normalized spacial score (nSPS) is 21.6. The van der Waals surface area contributed by atoms with Crippen LogP contribution >= 0.6 is 23.2 Å². The van der Waals surface area contributed by atoms with E-state index in [9.17, 15) is 14.8 Å². The lowest BCUT2D eigenvalue weighted by Crippen LogP contribution is -2.62. The maximum Gasteiger partial charge on any atom is 0.142 e. The first-order valence-electron chi connectivity index (χ1n) is 19.0. The molecule has 3 atom stereocenters. The molecule has 3 aliphatic carbocycles. The second-order valence-electron chi connectivity index (χ2n) is 15.4. The molecule has 0 radical (unpaired) electrons. The Bertz CT molecular complexity index is 2030. The summed E-state index contributed by atoms with van der Waals surface area (Å²) in [5.41, 5.74) is 6.59. The molecule has 8 nitrogen and oxygen atoms in total. The summed E-state index contributed by atoms with van der Waals surface area (Å²) in [4.78, 5) is 6.56. The quantitative estimate of drug-likeness (QED) is 0.123. The fourth-order valence-corrected chi connectivity index (χ4v) is 9.30. The second kappa shape index (κ2) is 16.1. The lowest BCUT2D eigenvalue weighted by Gasteiger charge is -2.57. The fourth-order valence-electron chi connectivity index (χ4n) is 8.79. The van der Waals surface area contributed by atoms with Gasteiger partial charge in [-0.25, -0.2) is 4.39 Å². The predicted molar refractivity (Wildman–Crippen MR) is 207 cm³/mol. The van der Waals surface area contributed by atoms with E-state index in [1.165, 1.54) is 11.8 Å². The minimum absolute atomic E-state index is 0.0116. The molecule has 11 heteroatoms. The average molecular weight is 772 g/mol. The van der Waals surface area contributed by atoms with Crippen LogP contribution in [0, 0.1) is 16.7 Å². The first kappa shape index (κ1) is 37.0. The molecule has 4 aliphatic rings. The number of aromatic nitrogens is 1. The van der Waals surface area contributed by atoms with Crippen LogP contribution in [0.25, 0.3) is 11.1 Å². The number of aliphatic hydroxyl groups is 1. The third kappa shape index (κ3) is 7.91. The Morgan fingerprint density at radius 3 is 2.61 bits per heavy atom. The SMILES string of the molecule is N#Cc1cncc(COc2cc(O[C@H]3CCc4c(-c5cccc(OCCCN6CC7(CC(F)C7)C6)c5Cl)cccc43)c(Cl)cc2CN[C@H]2CCC[C@H]2O)c1. The van der Waals surface area contributed by atoms with Gasteiger partial charge in [-0.3, -0.25) is 4.98 Å². The van der Waals surface area contributed by atoms with E-state index in [4.69, 9.17) is 37.4 Å². The molecule has 0 unspecified atom stereocenters. The van der Waals surface area contributed by atoms with E-state index in [1.54, 1.807) is 12.3 Å². The lowest BCUT2D eigenvalue weighted by atomic mass is 9.62. The molecule has 1 aliphatic heterocycles. The number of hydrogen-bond donors (Lipinski definition) is 2. The fraction of sp³-hybridized carbons (Fsp3) is 0.442. The highest BCUT2D eigenvalue weighted by atomic mass is 35.5. The number of halogens is 3. The predicted octanol–water partition coefficient (Wildman–Crippen LogP) is 8.78. The average Bonchev–Trinajstić information content (AvgIpc) is 3.76. The summed E-state index contributed by atoms with van der Waals surface area (Å²) in [5, 5.41) is 24.3. The van der Waals surface area contributed by atoms with Crippen molar-refractivity contribution in [2.75, 3.05) is 26.2 Å². The molecule has 1 spiro atoms. The number of nitrogens with one attached hydrogen (secondary N) is 1. The minimum atomic E-state index is -0.602. The first-order chi connectivity index (χ1) is 26.3. The number of nitriles is 1. The van der Waals surface area contributed by atoms with Gasteiger partial charge >= 0.3 is 0 Å². The van der Waals surface area contributed by atoms with Crippen molar-refractivity contribution in [3.8, 4) is 34.4 Å². The van der Waals surface area contributed by atoms with Crippen LogP contribution in [-0.2, 0) is 19.6 Å². The Hall–Kier alpha value is -3.91. The highest BCUT2D eigenvalue weighted by Gasteiger charge is 2.52. The van der Waals surface area contributed by atoms with Gasteiger partial charge in [0.2, 0.25) is 0 Å². The number of fused-ring (bicyclic) bond motifs is 1. The van der Waals surface area contributed by atoms with E-state index in [0.717, 1.165) is 98.8 Å². The molecular weight excluding hydrogens is 726 g/mol. The molecule has 2 saturated carbocycles. The number of aliphatic hydroxyl groups excluding tert-OH is 1. The molecule has 3 fully saturated rings. The van der Waals surface area contributed by atoms with Gasteiger partial charge in [0.1, 0.15) is 42.2 Å². The van der Waals surface area contributed by atoms with Crippen molar-refractivity contribution in [3.63, 3.8) is 0 Å². The summed E-state index contributed by atoms with van der Waals surface area (Å²) in [6.07, 6.45) is 8.60. The molecule has 0 amide bonds. The molecule has 54 heavy (non-hydrogen) atoms. The van der Waals surface area contributed by atoms with Gasteiger partial charge in [0.25, 0.3) is 0 Å². The molecule has 8 rings (SSSR count). The summed E-state index contributed by atoms with van der Waals surface area (Å²) in [7, 11) is 0. The maximum atomic E-state index is 13.3. The smallest absolute Gasteiger partial charge is 0.142 e. The zero-order valence-electron chi connectivity index (χ0n) is 30.2. The van der Waals surface area contributed by atoms with Gasteiger partial charge in [-0.1, -0.05) is 53.5 Å². The lowest BCUT2D eigenvalue weighted by molar-refractivity contribution is -0.102. The van der Waals surface area contributed by atoms with Crippen LogP contribution in [0.1, 0.15) is 78.9 Å². The Labute approximate surface area is 326 Å². The van der Waals surface area contributed by atoms with Gasteiger partial charge in [-0.2, -0.15) is 5.26 Å². The number of hydrogen-bond acceptors (Lipinski definition) is 8. The van der Waals surface area contributed by atoms with E-state index in [0.29, 0.717) is 46.0 Å². The summed E-state index contributed by atoms with van der Waals surface area (Å²) in [6, 6.07) is 19.8. The molecule has 2 N–H and O–H groups in total. The van der Waals surface area contributed by atoms with Gasteiger partial charge in [-0.05, 0) is 86.3 Å². The number of pyridine rings is 1. The molecule has 3 aromatic carbocycles. The van der Waals surface area contributed by atoms with Crippen molar-refractivity contribution in [1.29, 1.82) is 5.26 Å². The number of likely N-dealkylation sites (tertiary alicyclic amines) is 1. The summed E-state index contributed by atoms with van der Waals surface area (Å²) in [5.74, 6) is 1.79. The van der Waals surface area contributed by atoms with Crippen molar-refractivity contribution < 1.29 is 23.7 Å². The molecule has 1 aromatic heterocycles. The van der Waals surface area contributed by atoms with Crippen LogP contribution in [0.5, 0.6) is 17.2 Å². The third-order valence-corrected chi connectivity index (χ3v) is 12.2. The largest absolute Gasteiger partial charge is 0.492 e. The minimum Gasteiger partial charge on any atom is -0.492 e. The Balaban J connectivity index is 0.958. The molecule has 0 bridgehead atoms. The first-order valence-corrected chi connectivity index (χ1v) is 19.8. The van der Waals surface area contributed by atoms with E-state index in [2.05, 4.69) is 33.4 Å². The van der Waals surface area contributed by atoms with Crippen LogP contribution in [0.4, 0.5) is 4.39 Å². The van der Waals surface area contributed by atoms with Crippen molar-refractivity contribution in [2.24, 2.45) is 5.41 Å². The van der Waals surface area contributed by atoms with E-state index < -0.39 is 6.17 Å². The van der Waals surface area contributed by atoms with E-state index in [-0.39, 0.29) is 30.3 Å². The number of rotatable bonds is 14.